The van der Waals surface area contributed by atoms with Gasteiger partial charge < -0.3 is 19.3 Å². The van der Waals surface area contributed by atoms with Crippen LogP contribution in [0.1, 0.15) is 21.5 Å². The molecule has 0 aliphatic carbocycles. The van der Waals surface area contributed by atoms with Crippen LogP contribution in [0.3, 0.4) is 0 Å². The second-order valence-electron chi connectivity index (χ2n) is 8.09. The summed E-state index contributed by atoms with van der Waals surface area (Å²) in [5.41, 5.74) is 2.54. The number of hydrogen-bond acceptors (Lipinski definition) is 5. The van der Waals surface area contributed by atoms with Crippen molar-refractivity contribution in [3.63, 3.8) is 0 Å². The zero-order valence-corrected chi connectivity index (χ0v) is 19.6. The number of halogens is 1. The number of carbonyl (C=O) groups excluding carboxylic acids is 2. The molecule has 0 aromatic heterocycles. The average Bonchev–Trinajstić information content (AvgIpc) is 3.40. The molecule has 6 nitrogen and oxygen atoms in total. The molecule has 2 aliphatic heterocycles. The molecule has 0 radical (unpaired) electrons. The lowest BCUT2D eigenvalue weighted by molar-refractivity contribution is -0.123. The molecular weight excluding hydrogens is 455 g/mol. The summed E-state index contributed by atoms with van der Waals surface area (Å²) in [5.74, 6) is 0.801. The number of anilines is 1. The largest absolute Gasteiger partial charge is 0.497 e. The first-order valence-electron chi connectivity index (χ1n) is 10.8. The van der Waals surface area contributed by atoms with E-state index in [4.69, 9.17) is 9.47 Å². The summed E-state index contributed by atoms with van der Waals surface area (Å²) in [6.45, 7) is 0.690. The molecule has 1 spiro atoms. The number of ether oxygens (including phenoxy) is 2. The number of carbonyl (C=O) groups is 2. The predicted molar refractivity (Wildman–Crippen MR) is 129 cm³/mol. The second-order valence-corrected chi connectivity index (χ2v) is 9.37. The molecule has 8 heteroatoms. The molecular formula is C26H23FN2O4S. The van der Waals surface area contributed by atoms with E-state index in [1.165, 1.54) is 30.0 Å². The Hall–Kier alpha value is -3.52. The first-order chi connectivity index (χ1) is 16.5. The van der Waals surface area contributed by atoms with Crippen molar-refractivity contribution in [2.24, 2.45) is 0 Å². The van der Waals surface area contributed by atoms with E-state index in [-0.39, 0.29) is 17.4 Å². The van der Waals surface area contributed by atoms with Crippen molar-refractivity contribution >= 4 is 29.3 Å². The summed E-state index contributed by atoms with van der Waals surface area (Å²) >= 11 is 1.42. The lowest BCUT2D eigenvalue weighted by Crippen LogP contribution is -2.50. The molecule has 174 valence electrons. The fourth-order valence-corrected chi connectivity index (χ4v) is 6.06. The number of benzene rings is 3. The van der Waals surface area contributed by atoms with Gasteiger partial charge in [0.2, 0.25) is 0 Å². The molecule has 1 atom stereocenters. The van der Waals surface area contributed by atoms with Crippen molar-refractivity contribution in [2.45, 2.75) is 11.4 Å². The third kappa shape index (κ3) is 3.49. The first kappa shape index (κ1) is 22.3. The Bertz CT molecular complexity index is 1280. The van der Waals surface area contributed by atoms with E-state index in [1.807, 2.05) is 42.5 Å². The lowest BCUT2D eigenvalue weighted by atomic mass is 10.0. The normalized spacial score (nSPS) is 19.0. The fourth-order valence-electron chi connectivity index (χ4n) is 4.61. The highest BCUT2D eigenvalue weighted by Crippen LogP contribution is 2.55. The van der Waals surface area contributed by atoms with Crippen LogP contribution in [-0.4, -0.2) is 43.2 Å². The van der Waals surface area contributed by atoms with E-state index in [1.54, 1.807) is 30.1 Å². The van der Waals surface area contributed by atoms with Crippen LogP contribution in [0.5, 0.6) is 11.5 Å². The molecule has 0 bridgehead atoms. The number of rotatable bonds is 5. The van der Waals surface area contributed by atoms with E-state index in [0.29, 0.717) is 35.9 Å². The molecule has 2 aliphatic rings. The number of amides is 2. The minimum absolute atomic E-state index is 0.203. The number of fused-ring (bicyclic) bond motifs is 2. The van der Waals surface area contributed by atoms with Gasteiger partial charge in [0.05, 0.1) is 26.5 Å². The molecule has 1 saturated heterocycles. The van der Waals surface area contributed by atoms with Crippen molar-refractivity contribution in [3.05, 3.63) is 89.2 Å². The molecule has 2 heterocycles. The summed E-state index contributed by atoms with van der Waals surface area (Å²) in [6, 6.07) is 18.6. The van der Waals surface area contributed by atoms with Crippen LogP contribution in [-0.2, 0) is 16.2 Å². The van der Waals surface area contributed by atoms with Crippen molar-refractivity contribution < 1.29 is 23.5 Å². The average molecular weight is 479 g/mol. The summed E-state index contributed by atoms with van der Waals surface area (Å²) in [5, 5.41) is 0. The maximum atomic E-state index is 14.1. The van der Waals surface area contributed by atoms with Gasteiger partial charge in [0.15, 0.2) is 4.87 Å². The predicted octanol–water partition coefficient (Wildman–Crippen LogP) is 4.43. The fraction of sp³-hybridized carbons (Fsp3) is 0.231. The van der Waals surface area contributed by atoms with Crippen LogP contribution in [0.4, 0.5) is 10.1 Å². The van der Waals surface area contributed by atoms with Crippen LogP contribution in [0.15, 0.2) is 66.7 Å². The quantitative estimate of drug-likeness (QED) is 0.543. The van der Waals surface area contributed by atoms with Crippen molar-refractivity contribution in [2.75, 3.05) is 31.4 Å². The van der Waals surface area contributed by atoms with E-state index in [9.17, 15) is 14.0 Å². The third-order valence-corrected chi connectivity index (χ3v) is 7.61. The molecule has 5 rings (SSSR count). The van der Waals surface area contributed by atoms with Crippen LogP contribution in [0.25, 0.3) is 0 Å². The molecule has 3 aromatic rings. The smallest absolute Gasteiger partial charge is 0.268 e. The number of nitrogens with zero attached hydrogens (tertiary/aromatic N) is 2. The molecule has 0 N–H and O–H groups in total. The van der Waals surface area contributed by atoms with Gasteiger partial charge in [-0.2, -0.15) is 0 Å². The van der Waals surface area contributed by atoms with Gasteiger partial charge in [-0.3, -0.25) is 9.59 Å². The number of hydrogen-bond donors (Lipinski definition) is 0. The van der Waals surface area contributed by atoms with Crippen LogP contribution < -0.4 is 14.4 Å². The van der Waals surface area contributed by atoms with Crippen molar-refractivity contribution in [3.8, 4) is 11.5 Å². The van der Waals surface area contributed by atoms with E-state index >= 15 is 0 Å². The Labute approximate surface area is 201 Å². The zero-order chi connectivity index (χ0) is 23.9. The summed E-state index contributed by atoms with van der Waals surface area (Å²) in [6.07, 6.45) is 0. The maximum absolute atomic E-state index is 14.1. The van der Waals surface area contributed by atoms with Crippen molar-refractivity contribution in [1.82, 2.24) is 4.90 Å². The maximum Gasteiger partial charge on any atom is 0.268 e. The van der Waals surface area contributed by atoms with E-state index in [2.05, 4.69) is 0 Å². The molecule has 34 heavy (non-hydrogen) atoms. The summed E-state index contributed by atoms with van der Waals surface area (Å²) in [7, 11) is 3.17. The Kier molecular flexibility index (Phi) is 5.69. The molecule has 1 unspecified atom stereocenters. The molecule has 0 saturated carbocycles. The molecule has 3 aromatic carbocycles. The summed E-state index contributed by atoms with van der Waals surface area (Å²) in [4.78, 5) is 29.7. The Morgan fingerprint density at radius 3 is 2.56 bits per heavy atom. The lowest BCUT2D eigenvalue weighted by Gasteiger charge is -2.33. The van der Waals surface area contributed by atoms with Crippen LogP contribution in [0, 0.1) is 5.82 Å². The third-order valence-electron chi connectivity index (χ3n) is 6.19. The van der Waals surface area contributed by atoms with Gasteiger partial charge in [-0.25, -0.2) is 4.39 Å². The van der Waals surface area contributed by atoms with Gasteiger partial charge in [-0.15, -0.1) is 11.8 Å². The minimum atomic E-state index is -1.24. The van der Waals surface area contributed by atoms with Gasteiger partial charge in [0, 0.05) is 23.4 Å². The van der Waals surface area contributed by atoms with E-state index in [0.717, 1.165) is 11.3 Å². The van der Waals surface area contributed by atoms with Gasteiger partial charge in [0.25, 0.3) is 11.8 Å². The van der Waals surface area contributed by atoms with E-state index < -0.39 is 10.7 Å². The number of methoxy groups -OCH3 is 2. The monoisotopic (exact) mass is 478 g/mol. The highest BCUT2D eigenvalue weighted by molar-refractivity contribution is 8.01. The Balaban J connectivity index is 1.60. The van der Waals surface area contributed by atoms with Crippen LogP contribution in [0.2, 0.25) is 0 Å². The molecule has 1 fully saturated rings. The van der Waals surface area contributed by atoms with Crippen LogP contribution >= 0.6 is 11.8 Å². The van der Waals surface area contributed by atoms with Gasteiger partial charge >= 0.3 is 0 Å². The molecule has 2 amide bonds. The van der Waals surface area contributed by atoms with Gasteiger partial charge in [-0.05, 0) is 54.1 Å². The first-order valence-corrected chi connectivity index (χ1v) is 11.8. The van der Waals surface area contributed by atoms with Gasteiger partial charge in [-0.1, -0.05) is 18.2 Å². The minimum Gasteiger partial charge on any atom is -0.497 e. The second kappa shape index (κ2) is 8.68. The van der Waals surface area contributed by atoms with Gasteiger partial charge in [0.1, 0.15) is 17.3 Å². The Morgan fingerprint density at radius 1 is 1.03 bits per heavy atom. The number of thioether (sulfide) groups is 1. The Morgan fingerprint density at radius 2 is 1.79 bits per heavy atom. The highest BCUT2D eigenvalue weighted by atomic mass is 32.2. The zero-order valence-electron chi connectivity index (χ0n) is 18.8. The SMILES string of the molecule is COc1cccc(CN2C(=O)C3(SCCN3C(=O)c3cccc(F)c3)c3cc(OC)ccc32)c1. The van der Waals surface area contributed by atoms with Crippen molar-refractivity contribution in [1.29, 1.82) is 0 Å². The topological polar surface area (TPSA) is 59.1 Å². The highest BCUT2D eigenvalue weighted by Gasteiger charge is 2.59. The summed E-state index contributed by atoms with van der Waals surface area (Å²) < 4.78 is 24.7. The standard InChI is InChI=1S/C26H23FN2O4S/c1-32-20-8-3-5-17(13-20)16-28-23-10-9-21(33-2)15-22(23)26(25(28)31)29(11-12-34-26)24(30)18-6-4-7-19(27)14-18/h3-10,13-15H,11-12,16H2,1-2H3.